The van der Waals surface area contributed by atoms with Crippen molar-refractivity contribution in [3.8, 4) is 0 Å². The van der Waals surface area contributed by atoms with Gasteiger partial charge in [-0.15, -0.1) is 11.3 Å². The van der Waals surface area contributed by atoms with Crippen LogP contribution in [0.5, 0.6) is 0 Å². The highest BCUT2D eigenvalue weighted by Crippen LogP contribution is 2.32. The van der Waals surface area contributed by atoms with E-state index >= 15 is 0 Å². The number of hydrogen-bond acceptors (Lipinski definition) is 7. The van der Waals surface area contributed by atoms with Gasteiger partial charge < -0.3 is 5.32 Å². The van der Waals surface area contributed by atoms with Crippen LogP contribution in [0.15, 0.2) is 23.4 Å². The van der Waals surface area contributed by atoms with E-state index in [1.165, 1.54) is 16.0 Å². The second kappa shape index (κ2) is 7.33. The summed E-state index contributed by atoms with van der Waals surface area (Å²) in [6.07, 6.45) is -3.14. The number of halogens is 3. The first-order valence-corrected chi connectivity index (χ1v) is 9.26. The maximum atomic E-state index is 13.0. The van der Waals surface area contributed by atoms with Crippen molar-refractivity contribution >= 4 is 39.9 Å². The van der Waals surface area contributed by atoms with Crippen molar-refractivity contribution in [2.45, 2.75) is 17.7 Å². The average molecular weight is 401 g/mol. The van der Waals surface area contributed by atoms with Crippen LogP contribution in [0.3, 0.4) is 0 Å². The van der Waals surface area contributed by atoms with E-state index in [0.29, 0.717) is 16.8 Å². The Bertz CT molecular complexity index is 951. The van der Waals surface area contributed by atoms with Gasteiger partial charge in [-0.1, -0.05) is 11.8 Å². The lowest BCUT2D eigenvalue weighted by atomic mass is 10.3. The molecule has 3 heterocycles. The number of nitrogens with one attached hydrogen (secondary N) is 1. The van der Waals surface area contributed by atoms with E-state index < -0.39 is 12.0 Å². The molecule has 0 amide bonds. The molecule has 0 aliphatic carbocycles. The third-order valence-corrected chi connectivity index (χ3v) is 5.46. The van der Waals surface area contributed by atoms with Crippen molar-refractivity contribution in [2.24, 2.45) is 7.05 Å². The Morgan fingerprint density at radius 2 is 2.12 bits per heavy atom. The van der Waals surface area contributed by atoms with E-state index in [4.69, 9.17) is 0 Å². The largest absolute Gasteiger partial charge is 0.451 e. The van der Waals surface area contributed by atoms with Crippen LogP contribution in [0, 0.1) is 0 Å². The quantitative estimate of drug-likeness (QED) is 0.389. The monoisotopic (exact) mass is 401 g/mol. The molecule has 0 aliphatic heterocycles. The standard InChI is InChI=1S/C15H14F3N5OS2/c1-19-5-8-3-4-11(26-8)10(24)7-25-13-9-6-23(2)22-12(9)20-14(21-13)15(16,17)18/h3-4,6,19H,5,7H2,1-2H3. The minimum Gasteiger partial charge on any atom is -0.315 e. The Hall–Kier alpha value is -1.98. The van der Waals surface area contributed by atoms with E-state index in [9.17, 15) is 18.0 Å². The number of rotatable bonds is 6. The molecule has 0 spiro atoms. The molecule has 0 radical (unpaired) electrons. The van der Waals surface area contributed by atoms with Gasteiger partial charge in [0.1, 0.15) is 5.03 Å². The van der Waals surface area contributed by atoms with E-state index in [1.807, 2.05) is 13.1 Å². The van der Waals surface area contributed by atoms with Crippen LogP contribution in [0.25, 0.3) is 11.0 Å². The first-order valence-electron chi connectivity index (χ1n) is 7.46. The van der Waals surface area contributed by atoms with Gasteiger partial charge in [-0.05, 0) is 19.2 Å². The number of hydrogen-bond donors (Lipinski definition) is 1. The molecule has 0 aromatic carbocycles. The molecule has 0 atom stereocenters. The highest BCUT2D eigenvalue weighted by molar-refractivity contribution is 8.00. The second-order valence-electron chi connectivity index (χ2n) is 5.40. The molecule has 11 heteroatoms. The number of carbonyl (C=O) groups is 1. The van der Waals surface area contributed by atoms with Crippen molar-refractivity contribution in [1.82, 2.24) is 25.1 Å². The summed E-state index contributed by atoms with van der Waals surface area (Å²) >= 11 is 2.32. The summed E-state index contributed by atoms with van der Waals surface area (Å²) in [6, 6.07) is 3.58. The molecule has 0 saturated heterocycles. The highest BCUT2D eigenvalue weighted by atomic mass is 32.2. The SMILES string of the molecule is CNCc1ccc(C(=O)CSc2nc(C(F)(F)F)nc3nn(C)cc23)s1. The molecule has 3 rings (SSSR count). The van der Waals surface area contributed by atoms with Crippen LogP contribution >= 0.6 is 23.1 Å². The summed E-state index contributed by atoms with van der Waals surface area (Å²) in [5.41, 5.74) is -0.0443. The van der Waals surface area contributed by atoms with Crippen LogP contribution < -0.4 is 5.32 Å². The van der Waals surface area contributed by atoms with Gasteiger partial charge >= 0.3 is 6.18 Å². The molecule has 26 heavy (non-hydrogen) atoms. The lowest BCUT2D eigenvalue weighted by Crippen LogP contribution is -2.12. The van der Waals surface area contributed by atoms with Gasteiger partial charge in [0.2, 0.25) is 5.82 Å². The molecule has 1 N–H and O–H groups in total. The van der Waals surface area contributed by atoms with Crippen molar-refractivity contribution in [1.29, 1.82) is 0 Å². The van der Waals surface area contributed by atoms with Gasteiger partial charge in [0.25, 0.3) is 0 Å². The maximum absolute atomic E-state index is 13.0. The third kappa shape index (κ3) is 4.05. The van der Waals surface area contributed by atoms with E-state index in [2.05, 4.69) is 20.4 Å². The molecule has 138 valence electrons. The smallest absolute Gasteiger partial charge is 0.315 e. The minimum absolute atomic E-state index is 0.0161. The van der Waals surface area contributed by atoms with Gasteiger partial charge in [-0.25, -0.2) is 9.97 Å². The molecule has 0 saturated carbocycles. The molecular formula is C15H14F3N5OS2. The van der Waals surface area contributed by atoms with Crippen molar-refractivity contribution < 1.29 is 18.0 Å². The molecule has 0 bridgehead atoms. The first kappa shape index (κ1) is 18.8. The Labute approximate surface area is 154 Å². The highest BCUT2D eigenvalue weighted by Gasteiger charge is 2.36. The number of alkyl halides is 3. The minimum atomic E-state index is -4.68. The molecule has 3 aromatic heterocycles. The molecule has 0 unspecified atom stereocenters. The summed E-state index contributed by atoms with van der Waals surface area (Å²) in [4.78, 5) is 21.0. The van der Waals surface area contributed by atoms with Gasteiger partial charge in [0, 0.05) is 24.7 Å². The van der Waals surface area contributed by atoms with E-state index in [-0.39, 0.29) is 22.2 Å². The number of thioether (sulfide) groups is 1. The molecule has 3 aromatic rings. The molecule has 6 nitrogen and oxygen atoms in total. The summed E-state index contributed by atoms with van der Waals surface area (Å²) in [6.45, 7) is 0.655. The predicted octanol–water partition coefficient (Wildman–Crippen LogP) is 3.14. The van der Waals surface area contributed by atoms with Gasteiger partial charge in [0.05, 0.1) is 16.0 Å². The van der Waals surface area contributed by atoms with Crippen molar-refractivity contribution in [3.05, 3.63) is 33.9 Å². The first-order chi connectivity index (χ1) is 12.3. The zero-order chi connectivity index (χ0) is 18.9. The molecular weight excluding hydrogens is 387 g/mol. The van der Waals surface area contributed by atoms with Crippen LogP contribution in [-0.4, -0.2) is 38.3 Å². The van der Waals surface area contributed by atoms with Gasteiger partial charge in [0.15, 0.2) is 11.4 Å². The molecule has 0 aliphatic rings. The summed E-state index contributed by atoms with van der Waals surface area (Å²) in [5, 5.41) is 7.40. The van der Waals surface area contributed by atoms with Gasteiger partial charge in [-0.2, -0.15) is 18.3 Å². The summed E-state index contributed by atoms with van der Waals surface area (Å²) in [7, 11) is 3.40. The fourth-order valence-electron chi connectivity index (χ4n) is 2.23. The van der Waals surface area contributed by atoms with Crippen LogP contribution in [0.4, 0.5) is 13.2 Å². The third-order valence-electron chi connectivity index (χ3n) is 3.34. The Kier molecular flexibility index (Phi) is 5.30. The van der Waals surface area contributed by atoms with Gasteiger partial charge in [-0.3, -0.25) is 9.48 Å². The summed E-state index contributed by atoms with van der Waals surface area (Å²) < 4.78 is 40.4. The lowest BCUT2D eigenvalue weighted by molar-refractivity contribution is -0.145. The number of Topliss-reactive ketones (excluding diaryl/α,β-unsaturated/α-hetero) is 1. The van der Waals surface area contributed by atoms with E-state index in [0.717, 1.165) is 16.6 Å². The topological polar surface area (TPSA) is 72.7 Å². The van der Waals surface area contributed by atoms with Crippen LogP contribution in [0.1, 0.15) is 20.4 Å². The maximum Gasteiger partial charge on any atom is 0.451 e. The zero-order valence-electron chi connectivity index (χ0n) is 13.8. The van der Waals surface area contributed by atoms with Crippen LogP contribution in [0.2, 0.25) is 0 Å². The average Bonchev–Trinajstić information content (AvgIpc) is 3.17. The Morgan fingerprint density at radius 3 is 2.81 bits per heavy atom. The van der Waals surface area contributed by atoms with Crippen molar-refractivity contribution in [3.63, 3.8) is 0 Å². The summed E-state index contributed by atoms with van der Waals surface area (Å²) in [5.74, 6) is -1.43. The number of fused-ring (bicyclic) bond motifs is 1. The molecule has 0 fully saturated rings. The fraction of sp³-hybridized carbons (Fsp3) is 0.333. The zero-order valence-corrected chi connectivity index (χ0v) is 15.4. The van der Waals surface area contributed by atoms with E-state index in [1.54, 1.807) is 19.3 Å². The number of ketones is 1. The normalized spacial score (nSPS) is 12.0. The van der Waals surface area contributed by atoms with Crippen molar-refractivity contribution in [2.75, 3.05) is 12.8 Å². The number of nitrogens with zero attached hydrogens (tertiary/aromatic N) is 4. The number of carbonyl (C=O) groups excluding carboxylic acids is 1. The second-order valence-corrected chi connectivity index (χ2v) is 7.53. The Balaban J connectivity index is 1.84. The Morgan fingerprint density at radius 1 is 1.35 bits per heavy atom. The van der Waals surface area contributed by atoms with Crippen LogP contribution in [-0.2, 0) is 19.8 Å². The fourth-order valence-corrected chi connectivity index (χ4v) is 4.15. The number of aromatic nitrogens is 4. The predicted molar refractivity (Wildman–Crippen MR) is 93.4 cm³/mol. The lowest BCUT2D eigenvalue weighted by Gasteiger charge is -2.07. The number of aryl methyl sites for hydroxylation is 1. The number of thiophene rings is 1.